The molecule has 3 aromatic heterocycles. The standard InChI is InChI=1S/C12H15N5S/c1-8-6-9(2)17(15-8)11-10(7-13-3)16-4-5-18-12(16)14-11/h4-6,13H,7H2,1-3H3. The minimum Gasteiger partial charge on any atom is -0.314 e. The molecule has 6 heteroatoms. The van der Waals surface area contributed by atoms with E-state index in [-0.39, 0.29) is 0 Å². The van der Waals surface area contributed by atoms with Crippen LogP contribution in [0.1, 0.15) is 17.1 Å². The molecule has 0 aliphatic rings. The molecule has 0 amide bonds. The quantitative estimate of drug-likeness (QED) is 0.783. The van der Waals surface area contributed by atoms with Crippen molar-refractivity contribution in [3.63, 3.8) is 0 Å². The molecular weight excluding hydrogens is 246 g/mol. The molecule has 3 rings (SSSR count). The Kier molecular flexibility index (Phi) is 2.68. The van der Waals surface area contributed by atoms with Gasteiger partial charge in [0.1, 0.15) is 0 Å². The van der Waals surface area contributed by atoms with Gasteiger partial charge < -0.3 is 5.32 Å². The van der Waals surface area contributed by atoms with Crippen LogP contribution in [-0.2, 0) is 6.54 Å². The fourth-order valence-corrected chi connectivity index (χ4v) is 2.89. The fourth-order valence-electron chi connectivity index (χ4n) is 2.17. The van der Waals surface area contributed by atoms with E-state index in [0.717, 1.165) is 34.4 Å². The van der Waals surface area contributed by atoms with Crippen molar-refractivity contribution in [1.82, 2.24) is 24.5 Å². The maximum absolute atomic E-state index is 4.68. The summed E-state index contributed by atoms with van der Waals surface area (Å²) < 4.78 is 4.04. The molecule has 0 saturated carbocycles. The topological polar surface area (TPSA) is 47.2 Å². The van der Waals surface area contributed by atoms with Gasteiger partial charge in [0.2, 0.25) is 0 Å². The number of aryl methyl sites for hydroxylation is 2. The van der Waals surface area contributed by atoms with E-state index in [1.165, 1.54) is 0 Å². The molecule has 5 nitrogen and oxygen atoms in total. The Hall–Kier alpha value is -1.66. The van der Waals surface area contributed by atoms with Crippen molar-refractivity contribution in [2.75, 3.05) is 7.05 Å². The number of fused-ring (bicyclic) bond motifs is 1. The largest absolute Gasteiger partial charge is 0.314 e. The van der Waals surface area contributed by atoms with E-state index in [0.29, 0.717) is 0 Å². The number of thiazole rings is 1. The average Bonchev–Trinajstić information content (AvgIpc) is 2.96. The molecule has 3 heterocycles. The zero-order valence-electron chi connectivity index (χ0n) is 10.6. The highest BCUT2D eigenvalue weighted by Gasteiger charge is 2.16. The second-order valence-electron chi connectivity index (χ2n) is 4.31. The van der Waals surface area contributed by atoms with E-state index in [2.05, 4.69) is 39.0 Å². The van der Waals surface area contributed by atoms with Crippen molar-refractivity contribution in [2.45, 2.75) is 20.4 Å². The Labute approximate surface area is 109 Å². The summed E-state index contributed by atoms with van der Waals surface area (Å²) in [4.78, 5) is 5.68. The van der Waals surface area contributed by atoms with Crippen LogP contribution in [0.5, 0.6) is 0 Å². The summed E-state index contributed by atoms with van der Waals surface area (Å²) in [6.45, 7) is 4.82. The molecule has 0 unspecified atom stereocenters. The van der Waals surface area contributed by atoms with Crippen molar-refractivity contribution in [3.8, 4) is 5.82 Å². The van der Waals surface area contributed by atoms with Gasteiger partial charge in [0, 0.05) is 23.8 Å². The predicted molar refractivity (Wildman–Crippen MR) is 72.4 cm³/mol. The van der Waals surface area contributed by atoms with Crippen molar-refractivity contribution < 1.29 is 0 Å². The lowest BCUT2D eigenvalue weighted by Gasteiger charge is -2.05. The van der Waals surface area contributed by atoms with Crippen molar-refractivity contribution in [1.29, 1.82) is 0 Å². The lowest BCUT2D eigenvalue weighted by molar-refractivity contribution is 0.744. The highest BCUT2D eigenvalue weighted by molar-refractivity contribution is 7.15. The second-order valence-corrected chi connectivity index (χ2v) is 5.18. The summed E-state index contributed by atoms with van der Waals surface area (Å²) in [7, 11) is 1.94. The van der Waals surface area contributed by atoms with Crippen LogP contribution >= 0.6 is 11.3 Å². The molecule has 0 fully saturated rings. The number of hydrogen-bond donors (Lipinski definition) is 1. The first-order valence-electron chi connectivity index (χ1n) is 5.83. The molecule has 0 saturated heterocycles. The smallest absolute Gasteiger partial charge is 0.196 e. The van der Waals surface area contributed by atoms with Gasteiger partial charge in [0.25, 0.3) is 0 Å². The average molecular weight is 261 g/mol. The summed E-state index contributed by atoms with van der Waals surface area (Å²) >= 11 is 1.64. The van der Waals surface area contributed by atoms with Crippen molar-refractivity contribution in [2.24, 2.45) is 0 Å². The second kappa shape index (κ2) is 4.22. The molecule has 94 valence electrons. The van der Waals surface area contributed by atoms with Gasteiger partial charge in [-0.25, -0.2) is 4.68 Å². The summed E-state index contributed by atoms with van der Waals surface area (Å²) in [5.74, 6) is 0.918. The maximum Gasteiger partial charge on any atom is 0.196 e. The van der Waals surface area contributed by atoms with Gasteiger partial charge in [-0.15, -0.1) is 11.3 Å². The normalized spacial score (nSPS) is 11.5. The Morgan fingerprint density at radius 1 is 1.39 bits per heavy atom. The molecule has 0 aliphatic carbocycles. The van der Waals surface area contributed by atoms with Gasteiger partial charge in [-0.05, 0) is 27.0 Å². The summed E-state index contributed by atoms with van der Waals surface area (Å²) in [5.41, 5.74) is 3.26. The molecule has 18 heavy (non-hydrogen) atoms. The number of nitrogens with one attached hydrogen (secondary N) is 1. The number of rotatable bonds is 3. The number of hydrogen-bond acceptors (Lipinski definition) is 4. The molecule has 0 radical (unpaired) electrons. The predicted octanol–water partition coefficient (Wildman–Crippen LogP) is 1.92. The van der Waals surface area contributed by atoms with Gasteiger partial charge in [-0.1, -0.05) is 0 Å². The first-order chi connectivity index (χ1) is 8.70. The fraction of sp³-hybridized carbons (Fsp3) is 0.333. The third kappa shape index (κ3) is 1.65. The van der Waals surface area contributed by atoms with E-state index in [9.17, 15) is 0 Å². The van der Waals surface area contributed by atoms with E-state index in [1.54, 1.807) is 11.3 Å². The Morgan fingerprint density at radius 2 is 2.22 bits per heavy atom. The van der Waals surface area contributed by atoms with Crippen LogP contribution in [0.25, 0.3) is 10.8 Å². The van der Waals surface area contributed by atoms with E-state index >= 15 is 0 Å². The van der Waals surface area contributed by atoms with Crippen LogP contribution in [0, 0.1) is 13.8 Å². The Bertz CT molecular complexity index is 691. The zero-order valence-corrected chi connectivity index (χ0v) is 11.5. The summed E-state index contributed by atoms with van der Waals surface area (Å²) in [6, 6.07) is 2.07. The minimum atomic E-state index is 0.769. The highest BCUT2D eigenvalue weighted by Crippen LogP contribution is 2.21. The van der Waals surface area contributed by atoms with Crippen LogP contribution in [0.2, 0.25) is 0 Å². The Balaban J connectivity index is 2.24. The molecule has 0 spiro atoms. The van der Waals surface area contributed by atoms with Gasteiger partial charge in [0.05, 0.1) is 11.4 Å². The SMILES string of the molecule is CNCc1c(-n2nc(C)cc2C)nc2sccn12. The van der Waals surface area contributed by atoms with Crippen LogP contribution in [-0.4, -0.2) is 26.2 Å². The lowest BCUT2D eigenvalue weighted by atomic mass is 10.4. The first kappa shape index (κ1) is 11.4. The van der Waals surface area contributed by atoms with E-state index in [4.69, 9.17) is 0 Å². The Morgan fingerprint density at radius 3 is 2.89 bits per heavy atom. The number of nitrogens with zero attached hydrogens (tertiary/aromatic N) is 4. The van der Waals surface area contributed by atoms with Crippen LogP contribution in [0.3, 0.4) is 0 Å². The number of imidazole rings is 1. The van der Waals surface area contributed by atoms with E-state index < -0.39 is 0 Å². The van der Waals surface area contributed by atoms with Crippen molar-refractivity contribution >= 4 is 16.3 Å². The molecule has 3 aromatic rings. The third-order valence-electron chi connectivity index (χ3n) is 2.89. The highest BCUT2D eigenvalue weighted by atomic mass is 32.1. The molecule has 0 atom stereocenters. The van der Waals surface area contributed by atoms with Crippen LogP contribution < -0.4 is 5.32 Å². The van der Waals surface area contributed by atoms with Gasteiger partial charge in [-0.2, -0.15) is 10.1 Å². The molecular formula is C12H15N5S. The summed E-state index contributed by atoms with van der Waals surface area (Å²) in [5, 5.41) is 9.76. The van der Waals surface area contributed by atoms with Gasteiger partial charge in [0.15, 0.2) is 10.8 Å². The number of aromatic nitrogens is 4. The molecule has 1 N–H and O–H groups in total. The molecule has 0 aliphatic heterocycles. The third-order valence-corrected chi connectivity index (χ3v) is 3.65. The maximum atomic E-state index is 4.68. The van der Waals surface area contributed by atoms with Crippen molar-refractivity contribution in [3.05, 3.63) is 34.7 Å². The minimum absolute atomic E-state index is 0.769. The van der Waals surface area contributed by atoms with Gasteiger partial charge in [-0.3, -0.25) is 4.40 Å². The summed E-state index contributed by atoms with van der Waals surface area (Å²) in [6.07, 6.45) is 2.05. The van der Waals surface area contributed by atoms with E-state index in [1.807, 2.05) is 24.0 Å². The van der Waals surface area contributed by atoms with Gasteiger partial charge >= 0.3 is 0 Å². The monoisotopic (exact) mass is 261 g/mol. The van der Waals surface area contributed by atoms with Crippen LogP contribution in [0.15, 0.2) is 17.6 Å². The zero-order chi connectivity index (χ0) is 12.7. The molecule has 0 aromatic carbocycles. The van der Waals surface area contributed by atoms with Crippen LogP contribution in [0.4, 0.5) is 0 Å². The lowest BCUT2D eigenvalue weighted by Crippen LogP contribution is -2.11. The molecule has 0 bridgehead atoms. The first-order valence-corrected chi connectivity index (χ1v) is 6.71.